The number of pyridine rings is 1. The van der Waals surface area contributed by atoms with Crippen LogP contribution in [0.15, 0.2) is 12.5 Å². The molecule has 1 aliphatic carbocycles. The van der Waals surface area contributed by atoms with E-state index in [9.17, 15) is 0 Å². The third-order valence-electron chi connectivity index (χ3n) is 4.51. The molecule has 1 fully saturated rings. The number of nitrogens with zero attached hydrogens (tertiary/aromatic N) is 3. The van der Waals surface area contributed by atoms with Gasteiger partial charge in [-0.1, -0.05) is 0 Å². The Morgan fingerprint density at radius 3 is 2.89 bits per heavy atom. The van der Waals surface area contributed by atoms with Gasteiger partial charge >= 0.3 is 0 Å². The van der Waals surface area contributed by atoms with Crippen molar-refractivity contribution in [3.8, 4) is 0 Å². The zero-order valence-corrected chi connectivity index (χ0v) is 11.0. The van der Waals surface area contributed by atoms with Gasteiger partial charge in [-0.15, -0.1) is 0 Å². The maximum atomic E-state index is 6.01. The third-order valence-corrected chi connectivity index (χ3v) is 4.51. The van der Waals surface area contributed by atoms with Gasteiger partial charge in [0.15, 0.2) is 0 Å². The van der Waals surface area contributed by atoms with Gasteiger partial charge in [-0.3, -0.25) is 0 Å². The van der Waals surface area contributed by atoms with E-state index in [0.29, 0.717) is 12.1 Å². The highest BCUT2D eigenvalue weighted by molar-refractivity contribution is 5.83. The van der Waals surface area contributed by atoms with Crippen LogP contribution in [0.1, 0.15) is 37.3 Å². The SMILES string of the molecule is N[C@H]1CC[C@H](n2cnc3cnc4c(c32)CCN4)CC1. The molecule has 0 radical (unpaired) electrons. The van der Waals surface area contributed by atoms with E-state index in [1.807, 2.05) is 12.5 Å². The summed E-state index contributed by atoms with van der Waals surface area (Å²) in [4.78, 5) is 8.98. The molecule has 2 aromatic rings. The molecule has 4 rings (SSSR count). The molecule has 2 aromatic heterocycles. The van der Waals surface area contributed by atoms with E-state index in [-0.39, 0.29) is 0 Å². The highest BCUT2D eigenvalue weighted by Crippen LogP contribution is 2.34. The summed E-state index contributed by atoms with van der Waals surface area (Å²) in [7, 11) is 0. The monoisotopic (exact) mass is 257 g/mol. The molecule has 19 heavy (non-hydrogen) atoms. The Hall–Kier alpha value is -1.62. The van der Waals surface area contributed by atoms with E-state index in [2.05, 4.69) is 19.9 Å². The molecule has 1 aliphatic heterocycles. The summed E-state index contributed by atoms with van der Waals surface area (Å²) in [5.74, 6) is 1.04. The first-order valence-electron chi connectivity index (χ1n) is 7.17. The van der Waals surface area contributed by atoms with Crippen molar-refractivity contribution in [1.29, 1.82) is 0 Å². The fourth-order valence-corrected chi connectivity index (χ4v) is 3.45. The number of aromatic nitrogens is 3. The maximum Gasteiger partial charge on any atom is 0.131 e. The Morgan fingerprint density at radius 1 is 1.21 bits per heavy atom. The lowest BCUT2D eigenvalue weighted by molar-refractivity contribution is 0.328. The van der Waals surface area contributed by atoms with Crippen LogP contribution in [0.3, 0.4) is 0 Å². The van der Waals surface area contributed by atoms with Gasteiger partial charge in [0.05, 0.1) is 18.0 Å². The first kappa shape index (κ1) is 11.2. The largest absolute Gasteiger partial charge is 0.369 e. The fourth-order valence-electron chi connectivity index (χ4n) is 3.45. The Labute approximate surface area is 112 Å². The van der Waals surface area contributed by atoms with Gasteiger partial charge in [-0.25, -0.2) is 9.97 Å². The second-order valence-electron chi connectivity index (χ2n) is 5.72. The molecule has 0 unspecified atom stereocenters. The van der Waals surface area contributed by atoms with E-state index in [1.54, 1.807) is 0 Å². The average Bonchev–Trinajstić information content (AvgIpc) is 3.04. The van der Waals surface area contributed by atoms with Crippen molar-refractivity contribution in [2.45, 2.75) is 44.2 Å². The van der Waals surface area contributed by atoms with E-state index >= 15 is 0 Å². The lowest BCUT2D eigenvalue weighted by Crippen LogP contribution is -2.27. The zero-order valence-electron chi connectivity index (χ0n) is 11.0. The van der Waals surface area contributed by atoms with Gasteiger partial charge in [-0.2, -0.15) is 0 Å². The summed E-state index contributed by atoms with van der Waals surface area (Å²) in [6, 6.07) is 0.942. The third kappa shape index (κ3) is 1.72. The average molecular weight is 257 g/mol. The topological polar surface area (TPSA) is 68.8 Å². The number of fused-ring (bicyclic) bond motifs is 3. The molecule has 0 atom stereocenters. The standard InChI is InChI=1S/C14H19N5/c15-9-1-3-10(4-2-9)19-8-18-12-7-17-14-11(13(12)19)5-6-16-14/h7-10H,1-6,15H2,(H,16,17)/t9-,10-. The zero-order chi connectivity index (χ0) is 12.8. The van der Waals surface area contributed by atoms with Crippen LogP contribution in [0.25, 0.3) is 11.0 Å². The second kappa shape index (κ2) is 4.20. The summed E-state index contributed by atoms with van der Waals surface area (Å²) in [5.41, 5.74) is 9.66. The molecule has 1 saturated carbocycles. The van der Waals surface area contributed by atoms with Crippen LogP contribution < -0.4 is 11.1 Å². The molecule has 0 aromatic carbocycles. The summed E-state index contributed by atoms with van der Waals surface area (Å²) in [5, 5.41) is 3.35. The van der Waals surface area contributed by atoms with Gasteiger partial charge in [0.1, 0.15) is 11.3 Å². The quantitative estimate of drug-likeness (QED) is 0.818. The number of nitrogens with two attached hydrogens (primary N) is 1. The summed E-state index contributed by atoms with van der Waals surface area (Å²) in [6.45, 7) is 0.988. The van der Waals surface area contributed by atoms with Crippen LogP contribution in [-0.2, 0) is 6.42 Å². The molecule has 0 saturated heterocycles. The van der Waals surface area contributed by atoms with Crippen molar-refractivity contribution < 1.29 is 0 Å². The Bertz CT molecular complexity index is 610. The van der Waals surface area contributed by atoms with Crippen molar-refractivity contribution in [3.05, 3.63) is 18.1 Å². The smallest absolute Gasteiger partial charge is 0.131 e. The molecule has 2 aliphatic rings. The number of imidazole rings is 1. The number of anilines is 1. The number of hydrogen-bond donors (Lipinski definition) is 2. The van der Waals surface area contributed by atoms with Crippen molar-refractivity contribution >= 4 is 16.9 Å². The highest BCUT2D eigenvalue weighted by Gasteiger charge is 2.24. The van der Waals surface area contributed by atoms with Gasteiger partial charge in [-0.05, 0) is 32.1 Å². The molecule has 0 spiro atoms. The predicted molar refractivity (Wildman–Crippen MR) is 75.2 cm³/mol. The minimum Gasteiger partial charge on any atom is -0.369 e. The predicted octanol–water partition coefficient (Wildman–Crippen LogP) is 1.84. The fraction of sp³-hybridized carbons (Fsp3) is 0.571. The first-order chi connectivity index (χ1) is 9.33. The molecular weight excluding hydrogens is 238 g/mol. The van der Waals surface area contributed by atoms with Crippen LogP contribution >= 0.6 is 0 Å². The van der Waals surface area contributed by atoms with E-state index in [0.717, 1.165) is 50.0 Å². The Kier molecular flexibility index (Phi) is 2.48. The van der Waals surface area contributed by atoms with E-state index < -0.39 is 0 Å². The van der Waals surface area contributed by atoms with Crippen LogP contribution in [0, 0.1) is 0 Å². The Balaban J connectivity index is 1.80. The molecular formula is C14H19N5. The number of nitrogens with one attached hydrogen (secondary N) is 1. The molecule has 0 amide bonds. The number of rotatable bonds is 1. The lowest BCUT2D eigenvalue weighted by atomic mass is 9.91. The first-order valence-corrected chi connectivity index (χ1v) is 7.17. The summed E-state index contributed by atoms with van der Waals surface area (Å²) < 4.78 is 2.37. The normalized spacial score (nSPS) is 26.4. The lowest BCUT2D eigenvalue weighted by Gasteiger charge is -2.27. The van der Waals surface area contributed by atoms with E-state index in [4.69, 9.17) is 5.73 Å². The van der Waals surface area contributed by atoms with Crippen LogP contribution in [0.2, 0.25) is 0 Å². The van der Waals surface area contributed by atoms with Gasteiger partial charge in [0, 0.05) is 24.2 Å². The molecule has 3 N–H and O–H groups in total. The van der Waals surface area contributed by atoms with Crippen molar-refractivity contribution in [2.24, 2.45) is 5.73 Å². The minimum absolute atomic E-state index is 0.389. The van der Waals surface area contributed by atoms with Crippen molar-refractivity contribution in [2.75, 3.05) is 11.9 Å². The van der Waals surface area contributed by atoms with Gasteiger partial charge in [0.25, 0.3) is 0 Å². The second-order valence-corrected chi connectivity index (χ2v) is 5.72. The Morgan fingerprint density at radius 2 is 2.05 bits per heavy atom. The molecule has 3 heterocycles. The minimum atomic E-state index is 0.389. The van der Waals surface area contributed by atoms with Crippen LogP contribution in [0.5, 0.6) is 0 Å². The van der Waals surface area contributed by atoms with Gasteiger partial charge in [0.2, 0.25) is 0 Å². The maximum absolute atomic E-state index is 6.01. The van der Waals surface area contributed by atoms with Crippen molar-refractivity contribution in [1.82, 2.24) is 14.5 Å². The summed E-state index contributed by atoms with van der Waals surface area (Å²) in [6.07, 6.45) is 9.50. The number of hydrogen-bond acceptors (Lipinski definition) is 4. The van der Waals surface area contributed by atoms with Crippen LogP contribution in [-0.4, -0.2) is 27.1 Å². The molecule has 5 nitrogen and oxygen atoms in total. The molecule has 100 valence electrons. The molecule has 5 heteroatoms. The van der Waals surface area contributed by atoms with Gasteiger partial charge < -0.3 is 15.6 Å². The van der Waals surface area contributed by atoms with E-state index in [1.165, 1.54) is 11.1 Å². The molecule has 0 bridgehead atoms. The van der Waals surface area contributed by atoms with Crippen LogP contribution in [0.4, 0.5) is 5.82 Å². The van der Waals surface area contributed by atoms with Crippen molar-refractivity contribution in [3.63, 3.8) is 0 Å². The highest BCUT2D eigenvalue weighted by atomic mass is 15.1. The summed E-state index contributed by atoms with van der Waals surface area (Å²) >= 11 is 0.